The molecule has 0 amide bonds. The predicted molar refractivity (Wildman–Crippen MR) is 88.3 cm³/mol. The van der Waals surface area contributed by atoms with Gasteiger partial charge in [-0.15, -0.1) is 0 Å². The van der Waals surface area contributed by atoms with Crippen LogP contribution < -0.4 is 14.8 Å². The normalized spacial score (nSPS) is 14.8. The van der Waals surface area contributed by atoms with Gasteiger partial charge >= 0.3 is 0 Å². The van der Waals surface area contributed by atoms with E-state index in [4.69, 9.17) is 0 Å². The summed E-state index contributed by atoms with van der Waals surface area (Å²) in [6, 6.07) is 8.62. The molecule has 1 aliphatic rings. The molecule has 0 bridgehead atoms. The maximum atomic E-state index is 3.40. The van der Waals surface area contributed by atoms with Gasteiger partial charge < -0.3 is 10.2 Å². The number of fused-ring (bicyclic) bond motifs is 1. The Kier molecular flexibility index (Phi) is 5.36. The van der Waals surface area contributed by atoms with Crippen LogP contribution in [0, 0.1) is 0 Å². The highest BCUT2D eigenvalue weighted by Gasteiger charge is 2.16. The van der Waals surface area contributed by atoms with Gasteiger partial charge in [0.05, 0.1) is 0 Å². The zero-order valence-corrected chi connectivity index (χ0v) is 12.9. The summed E-state index contributed by atoms with van der Waals surface area (Å²) in [5, 5.41) is 6.06. The molecule has 3 nitrogen and oxygen atoms in total. The Hall–Kier alpha value is -1.61. The van der Waals surface area contributed by atoms with Gasteiger partial charge in [-0.2, -0.15) is 0 Å². The van der Waals surface area contributed by atoms with Crippen LogP contribution >= 0.6 is 0 Å². The van der Waals surface area contributed by atoms with Gasteiger partial charge in [0.1, 0.15) is 12.7 Å². The molecule has 2 aromatic rings. The monoisotopic (exact) mass is 274 g/mol. The molecule has 0 aliphatic carbocycles. The van der Waals surface area contributed by atoms with Crippen LogP contribution in [0.15, 0.2) is 36.7 Å². The summed E-state index contributed by atoms with van der Waals surface area (Å²) in [5.41, 5.74) is 1.35. The summed E-state index contributed by atoms with van der Waals surface area (Å²) in [6.45, 7) is 8.59. The van der Waals surface area contributed by atoms with Gasteiger partial charge in [0.15, 0.2) is 12.4 Å². The number of rotatable bonds is 1. The number of nitrogens with zero attached hydrogens (tertiary/aromatic N) is 2. The Morgan fingerprint density at radius 3 is 2.50 bits per heavy atom. The van der Waals surface area contributed by atoms with E-state index < -0.39 is 0 Å². The molecule has 1 saturated heterocycles. The first-order valence-electron chi connectivity index (χ1n) is 7.60. The summed E-state index contributed by atoms with van der Waals surface area (Å²) in [6.07, 6.45) is 5.66. The summed E-state index contributed by atoms with van der Waals surface area (Å²) in [4.78, 5) is 2.47. The number of pyridine rings is 1. The van der Waals surface area contributed by atoms with Crippen LogP contribution in [0.25, 0.3) is 10.8 Å². The summed E-state index contributed by atoms with van der Waals surface area (Å²) in [7, 11) is 2.10. The van der Waals surface area contributed by atoms with Gasteiger partial charge in [-0.25, -0.2) is 4.57 Å². The maximum Gasteiger partial charge on any atom is 0.192 e. The highest BCUT2D eigenvalue weighted by molar-refractivity contribution is 5.92. The van der Waals surface area contributed by atoms with E-state index in [-0.39, 0.29) is 1.43 Å². The van der Waals surface area contributed by atoms with Gasteiger partial charge in [0.2, 0.25) is 0 Å². The lowest BCUT2D eigenvalue weighted by atomic mass is 10.1. The van der Waals surface area contributed by atoms with Crippen molar-refractivity contribution in [2.24, 2.45) is 7.05 Å². The molecule has 1 fully saturated rings. The zero-order chi connectivity index (χ0) is 14.4. The minimum absolute atomic E-state index is 0. The second-order valence-electron chi connectivity index (χ2n) is 5.34. The van der Waals surface area contributed by atoms with Gasteiger partial charge in [0.25, 0.3) is 0 Å². The molecular formula is C17H28N3+. The van der Waals surface area contributed by atoms with E-state index >= 15 is 0 Å². The van der Waals surface area contributed by atoms with Crippen LogP contribution in [0.4, 0.5) is 5.69 Å². The average Bonchev–Trinajstić information content (AvgIpc) is 2.48. The summed E-state index contributed by atoms with van der Waals surface area (Å²) in [5.74, 6) is 0. The molecule has 0 saturated carbocycles. The van der Waals surface area contributed by atoms with Crippen LogP contribution in [0.2, 0.25) is 0 Å². The Balaban J connectivity index is 0.000000510. The van der Waals surface area contributed by atoms with E-state index in [0.717, 1.165) is 26.2 Å². The summed E-state index contributed by atoms with van der Waals surface area (Å²) < 4.78 is 2.15. The average molecular weight is 274 g/mol. The van der Waals surface area contributed by atoms with E-state index in [0.29, 0.717) is 0 Å². The van der Waals surface area contributed by atoms with Crippen LogP contribution in [-0.2, 0) is 7.05 Å². The lowest BCUT2D eigenvalue weighted by molar-refractivity contribution is -0.669. The first kappa shape index (κ1) is 14.8. The fourth-order valence-electron chi connectivity index (χ4n) is 2.52. The predicted octanol–water partition coefficient (Wildman–Crippen LogP) is 2.74. The molecule has 0 spiro atoms. The highest BCUT2D eigenvalue weighted by atomic mass is 15.2. The second kappa shape index (κ2) is 7.25. The number of aryl methyl sites for hydroxylation is 1. The number of aromatic nitrogens is 1. The van der Waals surface area contributed by atoms with Gasteiger partial charge in [-0.1, -0.05) is 38.5 Å². The molecule has 1 aromatic carbocycles. The molecule has 110 valence electrons. The number of hydrogen-bond acceptors (Lipinski definition) is 2. The molecule has 20 heavy (non-hydrogen) atoms. The first-order chi connectivity index (χ1) is 9.76. The Morgan fingerprint density at radius 1 is 1.15 bits per heavy atom. The van der Waals surface area contributed by atoms with E-state index in [1.54, 1.807) is 0 Å². The standard InChI is InChI=1S/C14H18N3.C3H8.H2/c1-16-10-12-4-2-3-5-13(12)14(11-16)17-8-6-15-7-9-17;1-3-2;/h2-5,10-11,15H,6-9H2,1H3;3H2,1-2H3;1H/q+1;;. The largest absolute Gasteiger partial charge is 0.364 e. The lowest BCUT2D eigenvalue weighted by Crippen LogP contribution is -2.44. The fraction of sp³-hybridized carbons (Fsp3) is 0.471. The smallest absolute Gasteiger partial charge is 0.192 e. The highest BCUT2D eigenvalue weighted by Crippen LogP contribution is 2.24. The topological polar surface area (TPSA) is 19.1 Å². The van der Waals surface area contributed by atoms with Crippen molar-refractivity contribution in [3.8, 4) is 0 Å². The van der Waals surface area contributed by atoms with Crippen molar-refractivity contribution in [2.45, 2.75) is 20.3 Å². The van der Waals surface area contributed by atoms with Gasteiger partial charge in [0, 0.05) is 38.4 Å². The van der Waals surface area contributed by atoms with Crippen LogP contribution in [-0.4, -0.2) is 26.2 Å². The number of piperazine rings is 1. The van der Waals surface area contributed by atoms with Crippen molar-refractivity contribution >= 4 is 16.5 Å². The van der Waals surface area contributed by atoms with Crippen LogP contribution in [0.1, 0.15) is 21.7 Å². The minimum atomic E-state index is 0. The van der Waals surface area contributed by atoms with Crippen molar-refractivity contribution in [1.82, 2.24) is 5.32 Å². The van der Waals surface area contributed by atoms with Crippen molar-refractivity contribution in [1.29, 1.82) is 0 Å². The number of anilines is 1. The van der Waals surface area contributed by atoms with Crippen LogP contribution in [0.5, 0.6) is 0 Å². The van der Waals surface area contributed by atoms with Crippen molar-refractivity contribution in [3.63, 3.8) is 0 Å². The molecule has 0 radical (unpaired) electrons. The van der Waals surface area contributed by atoms with Crippen molar-refractivity contribution < 1.29 is 5.99 Å². The number of benzene rings is 1. The van der Waals surface area contributed by atoms with E-state index in [2.05, 4.69) is 72.3 Å². The maximum absolute atomic E-state index is 3.40. The van der Waals surface area contributed by atoms with Crippen molar-refractivity contribution in [3.05, 3.63) is 36.7 Å². The minimum Gasteiger partial charge on any atom is -0.364 e. The third-order valence-corrected chi connectivity index (χ3v) is 3.36. The van der Waals surface area contributed by atoms with E-state index in [9.17, 15) is 0 Å². The van der Waals surface area contributed by atoms with Crippen molar-refractivity contribution in [2.75, 3.05) is 31.1 Å². The van der Waals surface area contributed by atoms with E-state index in [1.807, 2.05) is 0 Å². The quantitative estimate of drug-likeness (QED) is 0.806. The Bertz CT molecular complexity index is 551. The fourth-order valence-corrected chi connectivity index (χ4v) is 2.52. The Morgan fingerprint density at radius 2 is 1.80 bits per heavy atom. The molecule has 3 heteroatoms. The molecule has 0 atom stereocenters. The van der Waals surface area contributed by atoms with E-state index in [1.165, 1.54) is 22.9 Å². The molecule has 2 heterocycles. The van der Waals surface area contributed by atoms with Crippen LogP contribution in [0.3, 0.4) is 0 Å². The van der Waals surface area contributed by atoms with Gasteiger partial charge in [-0.3, -0.25) is 0 Å². The molecule has 1 aromatic heterocycles. The number of hydrogen-bond donors (Lipinski definition) is 1. The summed E-state index contributed by atoms with van der Waals surface area (Å²) >= 11 is 0. The zero-order valence-electron chi connectivity index (χ0n) is 12.9. The first-order valence-corrected chi connectivity index (χ1v) is 7.60. The third-order valence-electron chi connectivity index (χ3n) is 3.36. The lowest BCUT2D eigenvalue weighted by Gasteiger charge is -2.29. The SMILES string of the molecule is CCC.C[n+]1cc(N2CCNCC2)c2ccccc2c1.[HH]. The molecule has 1 N–H and O–H groups in total. The van der Waals surface area contributed by atoms with Gasteiger partial charge in [-0.05, 0) is 6.07 Å². The molecular weight excluding hydrogens is 246 g/mol. The second-order valence-corrected chi connectivity index (χ2v) is 5.34. The number of nitrogens with one attached hydrogen (secondary N) is 1. The molecule has 1 aliphatic heterocycles. The third kappa shape index (κ3) is 3.48. The Labute approximate surface area is 123 Å². The molecule has 3 rings (SSSR count). The molecule has 0 unspecified atom stereocenters.